The van der Waals surface area contributed by atoms with Crippen LogP contribution in [0.4, 0.5) is 19.0 Å². The second kappa shape index (κ2) is 6.19. The van der Waals surface area contributed by atoms with E-state index in [0.29, 0.717) is 25.9 Å². The number of carbonyl (C=O) groups excluding carboxylic acids is 1. The van der Waals surface area contributed by atoms with Gasteiger partial charge in [0.2, 0.25) is 5.91 Å². The Bertz CT molecular complexity index is 582. The van der Waals surface area contributed by atoms with Crippen LogP contribution in [0.3, 0.4) is 0 Å². The third-order valence-corrected chi connectivity index (χ3v) is 4.78. The molecule has 2 fully saturated rings. The lowest BCUT2D eigenvalue weighted by atomic mass is 9.75. The molecule has 2 aliphatic rings. The number of aliphatic hydroxyl groups is 1. The van der Waals surface area contributed by atoms with Crippen molar-refractivity contribution in [2.24, 2.45) is 5.92 Å². The number of anilines is 1. The van der Waals surface area contributed by atoms with Gasteiger partial charge in [0.05, 0.1) is 6.20 Å². The quantitative estimate of drug-likeness (QED) is 0.863. The lowest BCUT2D eigenvalue weighted by Gasteiger charge is -2.45. The Balaban J connectivity index is 1.45. The van der Waals surface area contributed by atoms with Crippen molar-refractivity contribution < 1.29 is 23.1 Å². The molecule has 1 aliphatic heterocycles. The molecule has 1 aromatic heterocycles. The minimum Gasteiger partial charge on any atom is -0.380 e. The molecule has 132 valence electrons. The zero-order chi connectivity index (χ0) is 17.4. The van der Waals surface area contributed by atoms with Gasteiger partial charge in [-0.3, -0.25) is 9.78 Å². The van der Waals surface area contributed by atoms with Crippen molar-refractivity contribution in [3.63, 3.8) is 0 Å². The van der Waals surface area contributed by atoms with Gasteiger partial charge < -0.3 is 15.3 Å². The first kappa shape index (κ1) is 16.9. The first-order valence-corrected chi connectivity index (χ1v) is 7.89. The molecule has 1 saturated heterocycles. The Morgan fingerprint density at radius 1 is 1.29 bits per heavy atom. The standard InChI is InChI=1S/C15H19F3N4O2/c16-15(17,18)14(24)7-11(8-14)21-13(23)10-1-5-22(6-2-10)12-9-19-3-4-20-12/h3-4,9-11,24H,1-2,5-8H2,(H,21,23). The number of nitrogens with one attached hydrogen (secondary N) is 1. The molecule has 1 saturated carbocycles. The molecule has 1 aliphatic carbocycles. The number of carbonyl (C=O) groups is 1. The Labute approximate surface area is 137 Å². The van der Waals surface area contributed by atoms with Gasteiger partial charge in [-0.2, -0.15) is 13.2 Å². The molecule has 2 N–H and O–H groups in total. The zero-order valence-corrected chi connectivity index (χ0v) is 13.0. The van der Waals surface area contributed by atoms with E-state index in [9.17, 15) is 23.1 Å². The number of halogens is 3. The molecule has 9 heteroatoms. The Morgan fingerprint density at radius 3 is 2.50 bits per heavy atom. The Kier molecular flexibility index (Phi) is 4.37. The van der Waals surface area contributed by atoms with Gasteiger partial charge in [0.1, 0.15) is 5.82 Å². The predicted octanol–water partition coefficient (Wildman–Crippen LogP) is 1.26. The summed E-state index contributed by atoms with van der Waals surface area (Å²) in [4.78, 5) is 22.4. The number of hydrogen-bond acceptors (Lipinski definition) is 5. The van der Waals surface area contributed by atoms with Crippen molar-refractivity contribution in [3.05, 3.63) is 18.6 Å². The van der Waals surface area contributed by atoms with Crippen molar-refractivity contribution in [2.45, 2.75) is 43.5 Å². The van der Waals surface area contributed by atoms with E-state index in [1.165, 1.54) is 0 Å². The first-order valence-electron chi connectivity index (χ1n) is 7.89. The van der Waals surface area contributed by atoms with Gasteiger partial charge >= 0.3 is 6.18 Å². The fourth-order valence-corrected chi connectivity index (χ4v) is 3.23. The van der Waals surface area contributed by atoms with E-state index in [2.05, 4.69) is 15.3 Å². The SMILES string of the molecule is O=C(NC1CC(O)(C(F)(F)F)C1)C1CCN(c2cnccn2)CC1. The molecular weight excluding hydrogens is 325 g/mol. The lowest BCUT2D eigenvalue weighted by molar-refractivity contribution is -0.291. The van der Waals surface area contributed by atoms with Gasteiger partial charge in [-0.15, -0.1) is 0 Å². The summed E-state index contributed by atoms with van der Waals surface area (Å²) in [7, 11) is 0. The van der Waals surface area contributed by atoms with Crippen LogP contribution in [0.5, 0.6) is 0 Å². The van der Waals surface area contributed by atoms with E-state index in [-0.39, 0.29) is 11.8 Å². The van der Waals surface area contributed by atoms with Crippen molar-refractivity contribution in [1.29, 1.82) is 0 Å². The average Bonchev–Trinajstić information content (AvgIpc) is 2.53. The predicted molar refractivity (Wildman–Crippen MR) is 79.1 cm³/mol. The molecule has 1 aromatic rings. The number of piperidine rings is 1. The fourth-order valence-electron chi connectivity index (χ4n) is 3.23. The average molecular weight is 344 g/mol. The molecule has 2 heterocycles. The molecule has 0 unspecified atom stereocenters. The Morgan fingerprint density at radius 2 is 1.96 bits per heavy atom. The molecule has 1 amide bonds. The van der Waals surface area contributed by atoms with Gasteiger partial charge in [-0.1, -0.05) is 0 Å². The van der Waals surface area contributed by atoms with Crippen LogP contribution in [0.25, 0.3) is 0 Å². The monoisotopic (exact) mass is 344 g/mol. The number of amides is 1. The molecule has 24 heavy (non-hydrogen) atoms. The van der Waals surface area contributed by atoms with Gasteiger partial charge in [-0.25, -0.2) is 4.98 Å². The highest BCUT2D eigenvalue weighted by Crippen LogP contribution is 2.45. The number of hydrogen-bond donors (Lipinski definition) is 2. The molecule has 0 spiro atoms. The highest BCUT2D eigenvalue weighted by atomic mass is 19.4. The largest absolute Gasteiger partial charge is 0.417 e. The topological polar surface area (TPSA) is 78.4 Å². The van der Waals surface area contributed by atoms with E-state index in [0.717, 1.165) is 5.82 Å². The second-order valence-corrected chi connectivity index (χ2v) is 6.47. The first-order chi connectivity index (χ1) is 11.3. The maximum Gasteiger partial charge on any atom is 0.417 e. The summed E-state index contributed by atoms with van der Waals surface area (Å²) in [6, 6.07) is -0.609. The molecule has 0 radical (unpaired) electrons. The molecule has 0 bridgehead atoms. The van der Waals surface area contributed by atoms with Gasteiger partial charge in [0.25, 0.3) is 0 Å². The molecule has 6 nitrogen and oxygen atoms in total. The summed E-state index contributed by atoms with van der Waals surface area (Å²) < 4.78 is 37.7. The van der Waals surface area contributed by atoms with Crippen molar-refractivity contribution >= 4 is 11.7 Å². The van der Waals surface area contributed by atoms with Crippen molar-refractivity contribution in [1.82, 2.24) is 15.3 Å². The van der Waals surface area contributed by atoms with Crippen LogP contribution in [-0.2, 0) is 4.79 Å². The van der Waals surface area contributed by atoms with Crippen LogP contribution >= 0.6 is 0 Å². The summed E-state index contributed by atoms with van der Waals surface area (Å²) >= 11 is 0. The minimum absolute atomic E-state index is 0.225. The molecule has 0 aromatic carbocycles. The van der Waals surface area contributed by atoms with E-state index >= 15 is 0 Å². The third-order valence-electron chi connectivity index (χ3n) is 4.78. The third kappa shape index (κ3) is 3.31. The highest BCUT2D eigenvalue weighted by molar-refractivity contribution is 5.79. The van der Waals surface area contributed by atoms with Crippen LogP contribution < -0.4 is 10.2 Å². The van der Waals surface area contributed by atoms with E-state index in [4.69, 9.17) is 0 Å². The molecule has 0 atom stereocenters. The van der Waals surface area contributed by atoms with E-state index < -0.39 is 30.7 Å². The lowest BCUT2D eigenvalue weighted by Crippen LogP contribution is -2.62. The minimum atomic E-state index is -4.64. The maximum absolute atomic E-state index is 12.6. The Hall–Kier alpha value is -1.90. The number of rotatable bonds is 3. The smallest absolute Gasteiger partial charge is 0.380 e. The van der Waals surface area contributed by atoms with Crippen LogP contribution in [0.1, 0.15) is 25.7 Å². The van der Waals surface area contributed by atoms with Crippen LogP contribution in [0, 0.1) is 5.92 Å². The normalized spacial score (nSPS) is 28.3. The highest BCUT2D eigenvalue weighted by Gasteiger charge is 2.61. The molecule has 3 rings (SSSR count). The zero-order valence-electron chi connectivity index (χ0n) is 13.0. The summed E-state index contributed by atoms with van der Waals surface area (Å²) in [6.45, 7) is 1.29. The van der Waals surface area contributed by atoms with Gasteiger partial charge in [0, 0.05) is 50.3 Å². The summed E-state index contributed by atoms with van der Waals surface area (Å²) in [5.74, 6) is 0.297. The summed E-state index contributed by atoms with van der Waals surface area (Å²) in [6.07, 6.45) is 0.485. The number of aromatic nitrogens is 2. The van der Waals surface area contributed by atoms with Gasteiger partial charge in [-0.05, 0) is 12.8 Å². The van der Waals surface area contributed by atoms with Crippen molar-refractivity contribution in [3.8, 4) is 0 Å². The van der Waals surface area contributed by atoms with E-state index in [1.54, 1.807) is 18.6 Å². The van der Waals surface area contributed by atoms with E-state index in [1.807, 2.05) is 4.90 Å². The fraction of sp³-hybridized carbons (Fsp3) is 0.667. The van der Waals surface area contributed by atoms with Gasteiger partial charge in [0.15, 0.2) is 5.60 Å². The summed E-state index contributed by atoms with van der Waals surface area (Å²) in [5, 5.41) is 12.0. The van der Waals surface area contributed by atoms with Crippen LogP contribution in [0.15, 0.2) is 18.6 Å². The number of nitrogens with zero attached hydrogens (tertiary/aromatic N) is 3. The van der Waals surface area contributed by atoms with Crippen LogP contribution in [0.2, 0.25) is 0 Å². The number of alkyl halides is 3. The van der Waals surface area contributed by atoms with Crippen molar-refractivity contribution in [2.75, 3.05) is 18.0 Å². The molecular formula is C15H19F3N4O2. The summed E-state index contributed by atoms with van der Waals surface area (Å²) in [5.41, 5.74) is -2.65. The van der Waals surface area contributed by atoms with Crippen LogP contribution in [-0.4, -0.2) is 51.9 Å². The second-order valence-electron chi connectivity index (χ2n) is 6.47. The maximum atomic E-state index is 12.6.